The third kappa shape index (κ3) is 2.38. The van der Waals surface area contributed by atoms with Gasteiger partial charge in [-0.3, -0.25) is 4.68 Å². The Kier molecular flexibility index (Phi) is 2.85. The molecule has 0 saturated heterocycles. The lowest BCUT2D eigenvalue weighted by Crippen LogP contribution is -2.08. The summed E-state index contributed by atoms with van der Waals surface area (Å²) in [5, 5.41) is 13.5. The highest BCUT2D eigenvalue weighted by Gasteiger charge is 2.32. The summed E-state index contributed by atoms with van der Waals surface area (Å²) in [7, 11) is 0. The van der Waals surface area contributed by atoms with Gasteiger partial charge in [0, 0.05) is 5.92 Å². The van der Waals surface area contributed by atoms with Crippen molar-refractivity contribution in [2.24, 2.45) is 0 Å². The van der Waals surface area contributed by atoms with E-state index in [9.17, 15) is 9.90 Å². The lowest BCUT2D eigenvalue weighted by Gasteiger charge is -2.08. The van der Waals surface area contributed by atoms with Gasteiger partial charge >= 0.3 is 5.97 Å². The van der Waals surface area contributed by atoms with Crippen LogP contribution < -0.4 is 0 Å². The largest absolute Gasteiger partial charge is 0.478 e. The number of hydrogen-bond acceptors (Lipinski definition) is 2. The van der Waals surface area contributed by atoms with Crippen molar-refractivity contribution in [3.8, 4) is 0 Å². The lowest BCUT2D eigenvalue weighted by molar-refractivity contribution is 0.0695. The topological polar surface area (TPSA) is 55.1 Å². The van der Waals surface area contributed by atoms with Gasteiger partial charge in [0.1, 0.15) is 5.56 Å². The number of benzene rings is 1. The summed E-state index contributed by atoms with van der Waals surface area (Å²) in [5.74, 6) is -0.504. The highest BCUT2D eigenvalue weighted by Crippen LogP contribution is 2.41. The maximum atomic E-state index is 11.2. The smallest absolute Gasteiger partial charge is 0.339 e. The number of aromatic nitrogens is 2. The van der Waals surface area contributed by atoms with Crippen LogP contribution in [0.1, 0.15) is 45.9 Å². The molecule has 1 aromatic heterocycles. The van der Waals surface area contributed by atoms with Gasteiger partial charge in [0.05, 0.1) is 18.4 Å². The predicted molar refractivity (Wildman–Crippen MR) is 71.4 cm³/mol. The molecule has 1 heterocycles. The Bertz CT molecular complexity index is 610. The molecule has 98 valence electrons. The van der Waals surface area contributed by atoms with Crippen LogP contribution >= 0.6 is 0 Å². The van der Waals surface area contributed by atoms with Crippen LogP contribution in [0, 0.1) is 6.92 Å². The molecule has 1 aliphatic rings. The fraction of sp³-hybridized carbons (Fsp3) is 0.333. The van der Waals surface area contributed by atoms with Crippen LogP contribution in [0.25, 0.3) is 0 Å². The van der Waals surface area contributed by atoms with Crippen molar-refractivity contribution in [2.75, 3.05) is 0 Å². The summed E-state index contributed by atoms with van der Waals surface area (Å²) in [4.78, 5) is 11.2. The maximum Gasteiger partial charge on any atom is 0.339 e. The number of aromatic carboxylic acids is 1. The van der Waals surface area contributed by atoms with Gasteiger partial charge in [-0.25, -0.2) is 4.79 Å². The first-order valence-electron chi connectivity index (χ1n) is 6.49. The molecule has 0 aliphatic heterocycles. The van der Waals surface area contributed by atoms with Crippen LogP contribution in [0.3, 0.4) is 0 Å². The Balaban J connectivity index is 1.92. The van der Waals surface area contributed by atoms with Crippen LogP contribution in [0.15, 0.2) is 30.5 Å². The summed E-state index contributed by atoms with van der Waals surface area (Å²) in [6.07, 6.45) is 3.61. The van der Waals surface area contributed by atoms with E-state index in [0.29, 0.717) is 18.0 Å². The molecule has 1 fully saturated rings. The molecule has 0 unspecified atom stereocenters. The van der Waals surface area contributed by atoms with Crippen LogP contribution in [0.2, 0.25) is 0 Å². The van der Waals surface area contributed by atoms with E-state index in [4.69, 9.17) is 0 Å². The second-order valence-electron chi connectivity index (χ2n) is 5.17. The fourth-order valence-corrected chi connectivity index (χ4v) is 2.34. The second kappa shape index (κ2) is 4.53. The van der Waals surface area contributed by atoms with Gasteiger partial charge in [-0.15, -0.1) is 0 Å². The van der Waals surface area contributed by atoms with E-state index in [2.05, 4.69) is 36.3 Å². The average Bonchev–Trinajstić information content (AvgIpc) is 3.13. The summed E-state index contributed by atoms with van der Waals surface area (Å²) in [6.45, 7) is 2.69. The van der Waals surface area contributed by atoms with Gasteiger partial charge in [0.25, 0.3) is 0 Å². The van der Waals surface area contributed by atoms with Crippen molar-refractivity contribution in [3.63, 3.8) is 0 Å². The molecule has 2 aromatic rings. The zero-order valence-electron chi connectivity index (χ0n) is 10.8. The molecule has 1 N–H and O–H groups in total. The van der Waals surface area contributed by atoms with E-state index in [1.807, 2.05) is 4.68 Å². The van der Waals surface area contributed by atoms with Crippen molar-refractivity contribution in [1.29, 1.82) is 0 Å². The highest BCUT2D eigenvalue weighted by molar-refractivity contribution is 5.89. The van der Waals surface area contributed by atoms with Crippen LogP contribution in [0.5, 0.6) is 0 Å². The standard InChI is InChI=1S/C15H16N2O2/c1-10-2-4-11(5-3-10)9-17-14(12-6-7-12)13(8-16-17)15(18)19/h2-5,8,12H,6-7,9H2,1H3,(H,18,19). The number of carbonyl (C=O) groups is 1. The number of carboxylic acid groups (broad SMARTS) is 1. The van der Waals surface area contributed by atoms with Crippen molar-refractivity contribution in [1.82, 2.24) is 9.78 Å². The molecule has 0 bridgehead atoms. The molecule has 19 heavy (non-hydrogen) atoms. The van der Waals surface area contributed by atoms with Gasteiger partial charge < -0.3 is 5.11 Å². The highest BCUT2D eigenvalue weighted by atomic mass is 16.4. The molecule has 0 radical (unpaired) electrons. The quantitative estimate of drug-likeness (QED) is 0.915. The Morgan fingerprint density at radius 2 is 2.05 bits per heavy atom. The predicted octanol–water partition coefficient (Wildman–Crippen LogP) is 2.82. The average molecular weight is 256 g/mol. The molecule has 1 saturated carbocycles. The van der Waals surface area contributed by atoms with E-state index >= 15 is 0 Å². The molecular weight excluding hydrogens is 240 g/mol. The fourth-order valence-electron chi connectivity index (χ4n) is 2.34. The molecule has 0 spiro atoms. The van der Waals surface area contributed by atoms with E-state index in [1.165, 1.54) is 11.8 Å². The molecule has 1 aromatic carbocycles. The summed E-state index contributed by atoms with van der Waals surface area (Å²) in [6, 6.07) is 8.25. The number of nitrogens with zero attached hydrogens (tertiary/aromatic N) is 2. The first-order valence-corrected chi connectivity index (χ1v) is 6.49. The van der Waals surface area contributed by atoms with Crippen molar-refractivity contribution in [3.05, 3.63) is 52.8 Å². The van der Waals surface area contributed by atoms with E-state index < -0.39 is 5.97 Å². The monoisotopic (exact) mass is 256 g/mol. The minimum Gasteiger partial charge on any atom is -0.478 e. The van der Waals surface area contributed by atoms with E-state index in [-0.39, 0.29) is 0 Å². The first kappa shape index (κ1) is 12.0. The molecule has 4 nitrogen and oxygen atoms in total. The number of rotatable bonds is 4. The molecule has 4 heteroatoms. The lowest BCUT2D eigenvalue weighted by atomic mass is 10.1. The van der Waals surface area contributed by atoms with Crippen molar-refractivity contribution in [2.45, 2.75) is 32.2 Å². The zero-order valence-corrected chi connectivity index (χ0v) is 10.8. The Morgan fingerprint density at radius 1 is 1.37 bits per heavy atom. The van der Waals surface area contributed by atoms with E-state index in [1.54, 1.807) is 0 Å². The summed E-state index contributed by atoms with van der Waals surface area (Å²) >= 11 is 0. The minimum absolute atomic E-state index is 0.356. The van der Waals surface area contributed by atoms with Gasteiger partial charge in [-0.1, -0.05) is 29.8 Å². The molecular formula is C15H16N2O2. The summed E-state index contributed by atoms with van der Waals surface area (Å²) < 4.78 is 1.84. The molecule has 0 amide bonds. The molecule has 1 aliphatic carbocycles. The number of aryl methyl sites for hydroxylation is 1. The van der Waals surface area contributed by atoms with Crippen molar-refractivity contribution < 1.29 is 9.90 Å². The van der Waals surface area contributed by atoms with Gasteiger partial charge in [-0.2, -0.15) is 5.10 Å². The Hall–Kier alpha value is -2.10. The van der Waals surface area contributed by atoms with E-state index in [0.717, 1.165) is 24.1 Å². The van der Waals surface area contributed by atoms with Crippen LogP contribution in [0.4, 0.5) is 0 Å². The van der Waals surface area contributed by atoms with Gasteiger partial charge in [0.15, 0.2) is 0 Å². The molecule has 3 rings (SSSR count). The Labute approximate surface area is 111 Å². The summed E-state index contributed by atoms with van der Waals surface area (Å²) in [5.41, 5.74) is 3.60. The Morgan fingerprint density at radius 3 is 2.63 bits per heavy atom. The number of hydrogen-bond donors (Lipinski definition) is 1. The maximum absolute atomic E-state index is 11.2. The minimum atomic E-state index is -0.878. The van der Waals surface area contributed by atoms with Gasteiger partial charge in [0.2, 0.25) is 0 Å². The van der Waals surface area contributed by atoms with Crippen LogP contribution in [-0.2, 0) is 6.54 Å². The third-order valence-corrected chi connectivity index (χ3v) is 3.53. The second-order valence-corrected chi connectivity index (χ2v) is 5.17. The normalized spacial score (nSPS) is 14.6. The zero-order chi connectivity index (χ0) is 13.4. The van der Waals surface area contributed by atoms with Crippen LogP contribution in [-0.4, -0.2) is 20.9 Å². The van der Waals surface area contributed by atoms with Crippen molar-refractivity contribution >= 4 is 5.97 Å². The van der Waals surface area contributed by atoms with Gasteiger partial charge in [-0.05, 0) is 25.3 Å². The SMILES string of the molecule is Cc1ccc(Cn2ncc(C(=O)O)c2C2CC2)cc1. The number of carboxylic acids is 1. The third-order valence-electron chi connectivity index (χ3n) is 3.53. The first-order chi connectivity index (χ1) is 9.15. The molecule has 0 atom stereocenters.